The molecular weight excluding hydrogens is 218 g/mol. The lowest BCUT2D eigenvalue weighted by Gasteiger charge is -2.12. The Morgan fingerprint density at radius 2 is 2.12 bits per heavy atom. The van der Waals surface area contributed by atoms with Crippen LogP contribution in [0.25, 0.3) is 5.76 Å². The van der Waals surface area contributed by atoms with Crippen LogP contribution in [0.2, 0.25) is 0 Å². The molecule has 0 saturated heterocycles. The average molecular weight is 239 g/mol. The largest absolute Gasteiger partial charge is 0.494 e. The van der Waals surface area contributed by atoms with Gasteiger partial charge in [0.1, 0.15) is 5.76 Å². The van der Waals surface area contributed by atoms with Crippen molar-refractivity contribution in [3.8, 4) is 5.75 Å². The zero-order valence-electron chi connectivity index (χ0n) is 11.0. The van der Waals surface area contributed by atoms with E-state index >= 15 is 0 Å². The molecule has 1 rings (SSSR count). The molecule has 0 radical (unpaired) electrons. The molecular formula is C13H21NO3. The first kappa shape index (κ1) is 15.4. The number of methoxy groups -OCH3 is 1. The molecule has 0 spiro atoms. The van der Waals surface area contributed by atoms with Crippen LogP contribution in [0, 0.1) is 0 Å². The molecule has 0 atom stereocenters. The van der Waals surface area contributed by atoms with Crippen molar-refractivity contribution in [2.75, 3.05) is 20.5 Å². The maximum Gasteiger partial charge on any atom is 0.188 e. The summed E-state index contributed by atoms with van der Waals surface area (Å²) in [6, 6.07) is 1.79. The number of hydrogen-bond donors (Lipinski definition) is 0. The molecule has 1 aromatic rings. The van der Waals surface area contributed by atoms with Gasteiger partial charge in [0, 0.05) is 13.3 Å². The molecule has 96 valence electrons. The highest BCUT2D eigenvalue weighted by Crippen LogP contribution is 2.24. The fourth-order valence-electron chi connectivity index (χ4n) is 1.10. The zero-order chi connectivity index (χ0) is 13.1. The summed E-state index contributed by atoms with van der Waals surface area (Å²) in [6.07, 6.45) is 3.28. The Bertz CT molecular complexity index is 326. The Morgan fingerprint density at radius 3 is 2.71 bits per heavy atom. The molecule has 1 heterocycles. The van der Waals surface area contributed by atoms with Gasteiger partial charge in [-0.3, -0.25) is 4.98 Å². The molecule has 0 aliphatic rings. The van der Waals surface area contributed by atoms with Crippen molar-refractivity contribution in [2.24, 2.45) is 0 Å². The summed E-state index contributed by atoms with van der Waals surface area (Å²) in [4.78, 5) is 3.96. The minimum absolute atomic E-state index is 0.179. The van der Waals surface area contributed by atoms with E-state index in [2.05, 4.69) is 11.6 Å². The molecule has 4 nitrogen and oxygen atoms in total. The predicted molar refractivity (Wildman–Crippen MR) is 68.7 cm³/mol. The van der Waals surface area contributed by atoms with Crippen molar-refractivity contribution in [1.29, 1.82) is 0 Å². The van der Waals surface area contributed by atoms with Crippen molar-refractivity contribution in [2.45, 2.75) is 20.8 Å². The van der Waals surface area contributed by atoms with Crippen molar-refractivity contribution in [1.82, 2.24) is 4.98 Å². The van der Waals surface area contributed by atoms with Crippen molar-refractivity contribution in [3.63, 3.8) is 0 Å². The van der Waals surface area contributed by atoms with Crippen molar-refractivity contribution < 1.29 is 14.2 Å². The van der Waals surface area contributed by atoms with Crippen molar-refractivity contribution >= 4 is 5.76 Å². The topological polar surface area (TPSA) is 40.6 Å². The van der Waals surface area contributed by atoms with E-state index < -0.39 is 0 Å². The third-order valence-electron chi connectivity index (χ3n) is 1.74. The first-order chi connectivity index (χ1) is 8.29. The second-order valence-electron chi connectivity index (χ2n) is 2.78. The third kappa shape index (κ3) is 5.36. The molecule has 1 aromatic heterocycles. The van der Waals surface area contributed by atoms with Crippen LogP contribution < -0.4 is 4.74 Å². The van der Waals surface area contributed by atoms with Crippen LogP contribution in [-0.4, -0.2) is 25.5 Å². The smallest absolute Gasteiger partial charge is 0.188 e. The molecule has 0 unspecified atom stereocenters. The lowest BCUT2D eigenvalue weighted by molar-refractivity contribution is 0.0504. The Balaban J connectivity index is 0.00000121. The summed E-state index contributed by atoms with van der Waals surface area (Å²) in [5.74, 6) is 1.18. The van der Waals surface area contributed by atoms with E-state index in [9.17, 15) is 0 Å². The Hall–Kier alpha value is -1.55. The zero-order valence-corrected chi connectivity index (χ0v) is 11.0. The normalized spacial score (nSPS) is 8.94. The second-order valence-corrected chi connectivity index (χ2v) is 2.78. The van der Waals surface area contributed by atoms with E-state index in [0.717, 1.165) is 5.56 Å². The third-order valence-corrected chi connectivity index (χ3v) is 1.74. The molecule has 17 heavy (non-hydrogen) atoms. The van der Waals surface area contributed by atoms with Gasteiger partial charge in [0.15, 0.2) is 12.5 Å². The molecule has 0 aliphatic heterocycles. The SMILES string of the molecule is C=C(OCC)c1ccncc1OCOC.CC. The van der Waals surface area contributed by atoms with Gasteiger partial charge in [-0.1, -0.05) is 20.4 Å². The maximum atomic E-state index is 5.33. The molecule has 0 aromatic carbocycles. The molecule has 0 amide bonds. The molecule has 0 N–H and O–H groups in total. The van der Waals surface area contributed by atoms with Gasteiger partial charge in [-0.2, -0.15) is 0 Å². The summed E-state index contributed by atoms with van der Waals surface area (Å²) in [5, 5.41) is 0. The minimum atomic E-state index is 0.179. The number of aromatic nitrogens is 1. The first-order valence-corrected chi connectivity index (χ1v) is 5.67. The van der Waals surface area contributed by atoms with Crippen molar-refractivity contribution in [3.05, 3.63) is 30.6 Å². The van der Waals surface area contributed by atoms with Crippen LogP contribution in [0.3, 0.4) is 0 Å². The summed E-state index contributed by atoms with van der Waals surface area (Å²) in [6.45, 7) is 10.5. The van der Waals surface area contributed by atoms with E-state index in [0.29, 0.717) is 18.1 Å². The van der Waals surface area contributed by atoms with E-state index in [-0.39, 0.29) is 6.79 Å². The Kier molecular flexibility index (Phi) is 8.78. The first-order valence-electron chi connectivity index (χ1n) is 5.67. The quantitative estimate of drug-likeness (QED) is 0.565. The fourth-order valence-corrected chi connectivity index (χ4v) is 1.10. The van der Waals surface area contributed by atoms with E-state index in [1.165, 1.54) is 0 Å². The van der Waals surface area contributed by atoms with Gasteiger partial charge < -0.3 is 14.2 Å². The highest BCUT2D eigenvalue weighted by Gasteiger charge is 2.07. The van der Waals surface area contributed by atoms with Gasteiger partial charge in [-0.15, -0.1) is 0 Å². The van der Waals surface area contributed by atoms with Crippen LogP contribution in [0.1, 0.15) is 26.3 Å². The number of ether oxygens (including phenoxy) is 3. The van der Waals surface area contributed by atoms with E-state index in [4.69, 9.17) is 14.2 Å². The summed E-state index contributed by atoms with van der Waals surface area (Å²) in [5.41, 5.74) is 0.795. The van der Waals surface area contributed by atoms with Gasteiger partial charge in [-0.25, -0.2) is 0 Å². The minimum Gasteiger partial charge on any atom is -0.494 e. The lowest BCUT2D eigenvalue weighted by atomic mass is 10.2. The monoisotopic (exact) mass is 239 g/mol. The van der Waals surface area contributed by atoms with Gasteiger partial charge in [0.25, 0.3) is 0 Å². The van der Waals surface area contributed by atoms with E-state index in [1.54, 1.807) is 25.6 Å². The molecule has 0 bridgehead atoms. The second kappa shape index (κ2) is 9.66. The Labute approximate surface area is 103 Å². The molecule has 0 aliphatic carbocycles. The van der Waals surface area contributed by atoms with E-state index in [1.807, 2.05) is 20.8 Å². The summed E-state index contributed by atoms with van der Waals surface area (Å²) >= 11 is 0. The van der Waals surface area contributed by atoms with Crippen LogP contribution in [-0.2, 0) is 9.47 Å². The highest BCUT2D eigenvalue weighted by molar-refractivity contribution is 5.62. The predicted octanol–water partition coefficient (Wildman–Crippen LogP) is 3.10. The standard InChI is InChI=1S/C11H15NO3.C2H6/c1-4-14-9(2)10-5-6-12-7-11(10)15-8-13-3;1-2/h5-7H,2,4,8H2,1,3H3;1-2H3. The molecule has 0 fully saturated rings. The molecule has 4 heteroatoms. The average Bonchev–Trinajstić information content (AvgIpc) is 2.39. The number of hydrogen-bond acceptors (Lipinski definition) is 4. The maximum absolute atomic E-state index is 5.33. The highest BCUT2D eigenvalue weighted by atomic mass is 16.7. The van der Waals surface area contributed by atoms with Gasteiger partial charge in [0.05, 0.1) is 18.4 Å². The number of pyridine rings is 1. The summed E-state index contributed by atoms with van der Waals surface area (Å²) < 4.78 is 15.5. The Morgan fingerprint density at radius 1 is 1.41 bits per heavy atom. The number of nitrogens with zero attached hydrogens (tertiary/aromatic N) is 1. The van der Waals surface area contributed by atoms with Gasteiger partial charge in [0.2, 0.25) is 0 Å². The van der Waals surface area contributed by atoms with Crippen LogP contribution in [0.5, 0.6) is 5.75 Å². The van der Waals surface area contributed by atoms with Gasteiger partial charge >= 0.3 is 0 Å². The van der Waals surface area contributed by atoms with Crippen LogP contribution in [0.4, 0.5) is 0 Å². The lowest BCUT2D eigenvalue weighted by Crippen LogP contribution is -2.02. The van der Waals surface area contributed by atoms with Crippen LogP contribution in [0.15, 0.2) is 25.0 Å². The van der Waals surface area contributed by atoms with Gasteiger partial charge in [-0.05, 0) is 13.0 Å². The molecule has 0 saturated carbocycles. The summed E-state index contributed by atoms with van der Waals surface area (Å²) in [7, 11) is 1.56. The van der Waals surface area contributed by atoms with Crippen LogP contribution >= 0.6 is 0 Å². The number of rotatable bonds is 6. The fraction of sp³-hybridized carbons (Fsp3) is 0.462.